The van der Waals surface area contributed by atoms with Crippen LogP contribution in [0.5, 0.6) is 0 Å². The van der Waals surface area contributed by atoms with Crippen molar-refractivity contribution < 1.29 is 0 Å². The van der Waals surface area contributed by atoms with E-state index in [4.69, 9.17) is 0 Å². The molecular formula is C12H17NS. The molecule has 0 radical (unpaired) electrons. The smallest absolute Gasteiger partial charge is 0.0437 e. The molecule has 0 amide bonds. The van der Waals surface area contributed by atoms with Crippen LogP contribution in [0, 0.1) is 0 Å². The van der Waals surface area contributed by atoms with E-state index < -0.39 is 0 Å². The molecule has 1 fully saturated rings. The van der Waals surface area contributed by atoms with Gasteiger partial charge in [-0.25, -0.2) is 0 Å². The zero-order chi connectivity index (χ0) is 9.80. The van der Waals surface area contributed by atoms with Gasteiger partial charge in [0.1, 0.15) is 0 Å². The van der Waals surface area contributed by atoms with Gasteiger partial charge in [-0.1, -0.05) is 37.3 Å². The van der Waals surface area contributed by atoms with Crippen LogP contribution >= 0.6 is 11.8 Å². The van der Waals surface area contributed by atoms with Crippen LogP contribution in [-0.2, 0) is 0 Å². The highest BCUT2D eigenvalue weighted by Gasteiger charge is 2.20. The van der Waals surface area contributed by atoms with Crippen LogP contribution in [-0.4, -0.2) is 17.5 Å². The molecule has 1 aromatic carbocycles. The molecule has 0 bridgehead atoms. The van der Waals surface area contributed by atoms with E-state index in [1.54, 1.807) is 0 Å². The first-order valence-electron chi connectivity index (χ1n) is 5.28. The number of hydrogen-bond donors (Lipinski definition) is 1. The molecule has 1 aromatic rings. The van der Waals surface area contributed by atoms with Crippen molar-refractivity contribution in [2.75, 3.05) is 12.3 Å². The van der Waals surface area contributed by atoms with Crippen molar-refractivity contribution >= 4 is 11.8 Å². The zero-order valence-electron chi connectivity index (χ0n) is 8.57. The maximum Gasteiger partial charge on any atom is 0.0437 e. The lowest BCUT2D eigenvalue weighted by molar-refractivity contribution is 0.540. The number of thioether (sulfide) groups is 1. The fraction of sp³-hybridized carbons (Fsp3) is 0.500. The van der Waals surface area contributed by atoms with E-state index in [1.807, 2.05) is 0 Å². The molecule has 1 heterocycles. The second-order valence-electron chi connectivity index (χ2n) is 3.77. The Hall–Kier alpha value is -0.470. The van der Waals surface area contributed by atoms with Crippen molar-refractivity contribution in [3.8, 4) is 0 Å². The lowest BCUT2D eigenvalue weighted by Gasteiger charge is -2.22. The fourth-order valence-electron chi connectivity index (χ4n) is 1.91. The average Bonchev–Trinajstić information content (AvgIpc) is 2.44. The van der Waals surface area contributed by atoms with Crippen LogP contribution in [0.4, 0.5) is 0 Å². The standard InChI is InChI=1S/C12H17NS/c1-10-12(13-8-5-9-14-10)11-6-3-2-4-7-11/h2-4,6-7,10,12-13H,5,8-9H2,1H3. The van der Waals surface area contributed by atoms with Crippen molar-refractivity contribution in [2.24, 2.45) is 0 Å². The van der Waals surface area contributed by atoms with Gasteiger partial charge in [-0.05, 0) is 24.3 Å². The van der Waals surface area contributed by atoms with Gasteiger partial charge in [0.05, 0.1) is 0 Å². The minimum Gasteiger partial charge on any atom is -0.309 e. The summed E-state index contributed by atoms with van der Waals surface area (Å²) < 4.78 is 0. The molecule has 1 saturated heterocycles. The highest BCUT2D eigenvalue weighted by Crippen LogP contribution is 2.28. The second-order valence-corrected chi connectivity index (χ2v) is 5.26. The molecule has 2 heteroatoms. The highest BCUT2D eigenvalue weighted by molar-refractivity contribution is 7.99. The maximum absolute atomic E-state index is 3.63. The summed E-state index contributed by atoms with van der Waals surface area (Å²) in [6, 6.07) is 11.3. The maximum atomic E-state index is 3.63. The third-order valence-corrected chi connectivity index (χ3v) is 4.02. The molecule has 0 aromatic heterocycles. The predicted molar refractivity (Wildman–Crippen MR) is 63.7 cm³/mol. The van der Waals surface area contributed by atoms with Gasteiger partial charge >= 0.3 is 0 Å². The molecule has 2 unspecified atom stereocenters. The van der Waals surface area contributed by atoms with Crippen LogP contribution < -0.4 is 5.32 Å². The molecule has 1 N–H and O–H groups in total. The summed E-state index contributed by atoms with van der Waals surface area (Å²) in [5, 5.41) is 4.31. The van der Waals surface area contributed by atoms with Crippen LogP contribution in [0.3, 0.4) is 0 Å². The SMILES string of the molecule is CC1SCCCNC1c1ccccc1. The minimum absolute atomic E-state index is 0.531. The highest BCUT2D eigenvalue weighted by atomic mass is 32.2. The Morgan fingerprint density at radius 1 is 1.29 bits per heavy atom. The van der Waals surface area contributed by atoms with Crippen molar-refractivity contribution in [3.05, 3.63) is 35.9 Å². The summed E-state index contributed by atoms with van der Waals surface area (Å²) in [4.78, 5) is 0. The van der Waals surface area contributed by atoms with Gasteiger partial charge in [-0.3, -0.25) is 0 Å². The largest absolute Gasteiger partial charge is 0.309 e. The van der Waals surface area contributed by atoms with E-state index >= 15 is 0 Å². The third-order valence-electron chi connectivity index (χ3n) is 2.69. The first kappa shape index (κ1) is 10.1. The normalized spacial score (nSPS) is 28.4. The summed E-state index contributed by atoms with van der Waals surface area (Å²) in [6.07, 6.45) is 1.29. The molecule has 76 valence electrons. The Bertz CT molecular complexity index is 273. The Morgan fingerprint density at radius 2 is 2.07 bits per heavy atom. The second kappa shape index (κ2) is 4.85. The van der Waals surface area contributed by atoms with Crippen LogP contribution in [0.15, 0.2) is 30.3 Å². The summed E-state index contributed by atoms with van der Waals surface area (Å²) >= 11 is 2.08. The summed E-state index contributed by atoms with van der Waals surface area (Å²) in [5.41, 5.74) is 1.43. The quantitative estimate of drug-likeness (QED) is 0.760. The lowest BCUT2D eigenvalue weighted by atomic mass is 10.0. The van der Waals surface area contributed by atoms with E-state index in [-0.39, 0.29) is 0 Å². The van der Waals surface area contributed by atoms with Gasteiger partial charge in [0.2, 0.25) is 0 Å². The summed E-state index contributed by atoms with van der Waals surface area (Å²) in [7, 11) is 0. The lowest BCUT2D eigenvalue weighted by Crippen LogP contribution is -2.27. The van der Waals surface area contributed by atoms with Crippen molar-refractivity contribution in [3.63, 3.8) is 0 Å². The summed E-state index contributed by atoms with van der Waals surface area (Å²) in [5.74, 6) is 1.29. The number of rotatable bonds is 1. The van der Waals surface area contributed by atoms with Crippen LogP contribution in [0.25, 0.3) is 0 Å². The van der Waals surface area contributed by atoms with Crippen LogP contribution in [0.2, 0.25) is 0 Å². The number of nitrogens with one attached hydrogen (secondary N) is 1. The van der Waals surface area contributed by atoms with Crippen LogP contribution in [0.1, 0.15) is 24.9 Å². The molecule has 2 rings (SSSR count). The Morgan fingerprint density at radius 3 is 2.86 bits per heavy atom. The Balaban J connectivity index is 2.15. The van der Waals surface area contributed by atoms with Gasteiger partial charge in [0, 0.05) is 11.3 Å². The minimum atomic E-state index is 0.531. The summed E-state index contributed by atoms with van der Waals surface area (Å²) in [6.45, 7) is 3.47. The molecule has 14 heavy (non-hydrogen) atoms. The van der Waals surface area contributed by atoms with Crippen molar-refractivity contribution in [1.29, 1.82) is 0 Å². The van der Waals surface area contributed by atoms with E-state index in [0.29, 0.717) is 11.3 Å². The molecule has 0 aliphatic carbocycles. The van der Waals surface area contributed by atoms with Gasteiger partial charge in [-0.15, -0.1) is 0 Å². The average molecular weight is 207 g/mol. The molecule has 1 aliphatic rings. The zero-order valence-corrected chi connectivity index (χ0v) is 9.39. The van der Waals surface area contributed by atoms with Gasteiger partial charge in [-0.2, -0.15) is 11.8 Å². The van der Waals surface area contributed by atoms with E-state index in [2.05, 4.69) is 54.3 Å². The Labute approximate surface area is 90.3 Å². The van der Waals surface area contributed by atoms with Gasteiger partial charge in [0.15, 0.2) is 0 Å². The molecule has 2 atom stereocenters. The first-order valence-corrected chi connectivity index (χ1v) is 6.33. The Kier molecular flexibility index (Phi) is 3.49. The fourth-order valence-corrected chi connectivity index (χ4v) is 3.04. The molecule has 1 aliphatic heterocycles. The monoisotopic (exact) mass is 207 g/mol. The van der Waals surface area contributed by atoms with Crippen molar-refractivity contribution in [1.82, 2.24) is 5.32 Å². The van der Waals surface area contributed by atoms with Crippen molar-refractivity contribution in [2.45, 2.75) is 24.6 Å². The molecule has 0 saturated carbocycles. The molecule has 0 spiro atoms. The van der Waals surface area contributed by atoms with E-state index in [1.165, 1.54) is 17.7 Å². The van der Waals surface area contributed by atoms with E-state index in [9.17, 15) is 0 Å². The molecule has 1 nitrogen and oxygen atoms in total. The number of benzene rings is 1. The van der Waals surface area contributed by atoms with E-state index in [0.717, 1.165) is 6.54 Å². The first-order chi connectivity index (χ1) is 6.88. The number of hydrogen-bond acceptors (Lipinski definition) is 2. The molecular weight excluding hydrogens is 190 g/mol. The third kappa shape index (κ3) is 2.31. The predicted octanol–water partition coefficient (Wildman–Crippen LogP) is 2.84. The topological polar surface area (TPSA) is 12.0 Å². The van der Waals surface area contributed by atoms with Gasteiger partial charge < -0.3 is 5.32 Å². The van der Waals surface area contributed by atoms with Gasteiger partial charge in [0.25, 0.3) is 0 Å².